The van der Waals surface area contributed by atoms with Crippen LogP contribution in [-0.4, -0.2) is 30.2 Å². The highest BCUT2D eigenvalue weighted by atomic mass is 16.5. The van der Waals surface area contributed by atoms with Crippen molar-refractivity contribution in [1.82, 2.24) is 4.57 Å². The summed E-state index contributed by atoms with van der Waals surface area (Å²) in [6, 6.07) is 14.2. The first-order valence-electron chi connectivity index (χ1n) is 8.53. The molecule has 0 saturated heterocycles. The van der Waals surface area contributed by atoms with Crippen LogP contribution in [0.15, 0.2) is 48.5 Å². The minimum Gasteiger partial charge on any atom is -0.494 e. The lowest BCUT2D eigenvalue weighted by Crippen LogP contribution is -2.13. The predicted octanol–water partition coefficient (Wildman–Crippen LogP) is 4.21. The number of benzene rings is 2. The second-order valence-corrected chi connectivity index (χ2v) is 6.03. The highest BCUT2D eigenvalue weighted by Gasteiger charge is 2.19. The monoisotopic (exact) mass is 351 g/mol. The van der Waals surface area contributed by atoms with Gasteiger partial charge in [-0.3, -0.25) is 9.36 Å². The van der Waals surface area contributed by atoms with E-state index in [0.717, 1.165) is 17.9 Å². The maximum absolute atomic E-state index is 13.0. The number of rotatable bonds is 5. The molecule has 5 heteroatoms. The molecule has 0 fully saturated rings. The molecule has 0 amide bonds. The van der Waals surface area contributed by atoms with E-state index >= 15 is 0 Å². The number of fused-ring (bicyclic) bond motifs is 1. The zero-order valence-electron chi connectivity index (χ0n) is 15.1. The summed E-state index contributed by atoms with van der Waals surface area (Å²) >= 11 is 0. The predicted molar refractivity (Wildman–Crippen MR) is 100.0 cm³/mol. The van der Waals surface area contributed by atoms with Crippen LogP contribution >= 0.6 is 0 Å². The van der Waals surface area contributed by atoms with E-state index < -0.39 is 5.97 Å². The summed E-state index contributed by atoms with van der Waals surface area (Å²) in [5.41, 5.74) is 2.44. The number of methoxy groups -OCH3 is 1. The molecule has 26 heavy (non-hydrogen) atoms. The molecular formula is C21H21NO4. The van der Waals surface area contributed by atoms with Crippen molar-refractivity contribution >= 4 is 22.8 Å². The number of hydrogen-bond donors (Lipinski definition) is 0. The van der Waals surface area contributed by atoms with Crippen LogP contribution in [0.5, 0.6) is 5.75 Å². The molecule has 5 nitrogen and oxygen atoms in total. The first kappa shape index (κ1) is 17.7. The molecule has 134 valence electrons. The summed E-state index contributed by atoms with van der Waals surface area (Å²) in [5.74, 6) is 0.171. The smallest absolute Gasteiger partial charge is 0.338 e. The van der Waals surface area contributed by atoms with Gasteiger partial charge in [-0.05, 0) is 55.8 Å². The zero-order chi connectivity index (χ0) is 18.7. The van der Waals surface area contributed by atoms with Crippen LogP contribution in [0.1, 0.15) is 39.8 Å². The minimum absolute atomic E-state index is 0.151. The van der Waals surface area contributed by atoms with Gasteiger partial charge >= 0.3 is 5.97 Å². The van der Waals surface area contributed by atoms with Crippen LogP contribution in [0.3, 0.4) is 0 Å². The number of carbonyl (C=O) groups excluding carboxylic acids is 2. The number of aryl methyl sites for hydroxylation is 1. The summed E-state index contributed by atoms with van der Waals surface area (Å²) in [4.78, 5) is 25.0. The molecule has 2 aromatic carbocycles. The molecule has 3 rings (SSSR count). The van der Waals surface area contributed by atoms with E-state index in [9.17, 15) is 9.59 Å². The Morgan fingerprint density at radius 1 is 1.08 bits per heavy atom. The van der Waals surface area contributed by atoms with Crippen LogP contribution in [0.4, 0.5) is 0 Å². The van der Waals surface area contributed by atoms with Crippen molar-refractivity contribution < 1.29 is 19.1 Å². The summed E-state index contributed by atoms with van der Waals surface area (Å²) in [7, 11) is 1.35. The van der Waals surface area contributed by atoms with Crippen molar-refractivity contribution in [2.75, 3.05) is 13.7 Å². The molecule has 0 aliphatic carbocycles. The van der Waals surface area contributed by atoms with E-state index in [2.05, 4.69) is 0 Å². The lowest BCUT2D eigenvalue weighted by molar-refractivity contribution is 0.0602. The second kappa shape index (κ2) is 7.44. The highest BCUT2D eigenvalue weighted by Crippen LogP contribution is 2.25. The van der Waals surface area contributed by atoms with E-state index in [4.69, 9.17) is 9.47 Å². The van der Waals surface area contributed by atoms with Gasteiger partial charge in [-0.25, -0.2) is 4.79 Å². The molecule has 0 spiro atoms. The fourth-order valence-corrected chi connectivity index (χ4v) is 2.96. The van der Waals surface area contributed by atoms with Gasteiger partial charge < -0.3 is 9.47 Å². The maximum atomic E-state index is 13.0. The zero-order valence-corrected chi connectivity index (χ0v) is 15.1. The van der Waals surface area contributed by atoms with Gasteiger partial charge in [0.05, 0.1) is 24.8 Å². The molecule has 0 radical (unpaired) electrons. The van der Waals surface area contributed by atoms with Gasteiger partial charge in [0, 0.05) is 16.6 Å². The molecule has 0 atom stereocenters. The van der Waals surface area contributed by atoms with Crippen molar-refractivity contribution in [2.45, 2.75) is 20.3 Å². The second-order valence-electron chi connectivity index (χ2n) is 6.03. The standard InChI is InChI=1S/C21H21NO4/c1-4-12-26-16-10-8-15(9-11-16)20(23)22-14(2)13-18-17(21(24)25-3)6-5-7-19(18)22/h5-11,13H,4,12H2,1-3H3. The largest absolute Gasteiger partial charge is 0.494 e. The molecule has 0 bridgehead atoms. The summed E-state index contributed by atoms with van der Waals surface area (Å²) < 4.78 is 12.0. The SMILES string of the molecule is CCCOc1ccc(C(=O)n2c(C)cc3c(C(=O)OC)cccc32)cc1. The van der Waals surface area contributed by atoms with Crippen molar-refractivity contribution in [2.24, 2.45) is 0 Å². The van der Waals surface area contributed by atoms with Gasteiger partial charge in [-0.2, -0.15) is 0 Å². The third-order valence-corrected chi connectivity index (χ3v) is 4.21. The minimum atomic E-state index is -0.419. The van der Waals surface area contributed by atoms with Gasteiger partial charge in [0.25, 0.3) is 5.91 Å². The highest BCUT2D eigenvalue weighted by molar-refractivity contribution is 6.09. The molecule has 0 saturated carbocycles. The number of nitrogens with zero attached hydrogens (tertiary/aromatic N) is 1. The Bertz CT molecular complexity index is 954. The Balaban J connectivity index is 2.01. The lowest BCUT2D eigenvalue weighted by Gasteiger charge is -2.09. The van der Waals surface area contributed by atoms with E-state index in [-0.39, 0.29) is 5.91 Å². The third-order valence-electron chi connectivity index (χ3n) is 4.21. The molecular weight excluding hydrogens is 330 g/mol. The quantitative estimate of drug-likeness (QED) is 0.646. The normalized spacial score (nSPS) is 10.7. The third kappa shape index (κ3) is 3.20. The Kier molecular flexibility index (Phi) is 5.07. The van der Waals surface area contributed by atoms with Crippen LogP contribution in [0.25, 0.3) is 10.9 Å². The van der Waals surface area contributed by atoms with Crippen LogP contribution in [-0.2, 0) is 4.74 Å². The Morgan fingerprint density at radius 2 is 1.81 bits per heavy atom. The number of aromatic nitrogens is 1. The Hall–Kier alpha value is -3.08. The molecule has 0 N–H and O–H groups in total. The molecule has 0 aliphatic rings. The van der Waals surface area contributed by atoms with Crippen LogP contribution in [0, 0.1) is 6.92 Å². The average Bonchev–Trinajstić information content (AvgIpc) is 3.01. The summed E-state index contributed by atoms with van der Waals surface area (Å²) in [5, 5.41) is 0.702. The van der Waals surface area contributed by atoms with Gasteiger partial charge in [0.15, 0.2) is 0 Å². The van der Waals surface area contributed by atoms with E-state index in [0.29, 0.717) is 28.6 Å². The lowest BCUT2D eigenvalue weighted by atomic mass is 10.1. The van der Waals surface area contributed by atoms with Crippen molar-refractivity contribution in [3.63, 3.8) is 0 Å². The number of hydrogen-bond acceptors (Lipinski definition) is 4. The van der Waals surface area contributed by atoms with Crippen molar-refractivity contribution in [3.05, 3.63) is 65.4 Å². The fourth-order valence-electron chi connectivity index (χ4n) is 2.96. The van der Waals surface area contributed by atoms with E-state index in [1.165, 1.54) is 7.11 Å². The summed E-state index contributed by atoms with van der Waals surface area (Å²) in [6.07, 6.45) is 0.928. The first-order chi connectivity index (χ1) is 12.6. The van der Waals surface area contributed by atoms with Gasteiger partial charge in [-0.1, -0.05) is 13.0 Å². The molecule has 0 aliphatic heterocycles. The molecule has 1 heterocycles. The Labute approximate surface area is 152 Å². The van der Waals surface area contributed by atoms with Crippen LogP contribution in [0.2, 0.25) is 0 Å². The number of carbonyl (C=O) groups is 2. The summed E-state index contributed by atoms with van der Waals surface area (Å²) in [6.45, 7) is 4.53. The maximum Gasteiger partial charge on any atom is 0.338 e. The first-order valence-corrected chi connectivity index (χ1v) is 8.53. The molecule has 0 unspecified atom stereocenters. The fraction of sp³-hybridized carbons (Fsp3) is 0.238. The van der Waals surface area contributed by atoms with Gasteiger partial charge in [0.1, 0.15) is 5.75 Å². The molecule has 1 aromatic heterocycles. The molecule has 3 aromatic rings. The topological polar surface area (TPSA) is 57.5 Å². The van der Waals surface area contributed by atoms with Crippen LogP contribution < -0.4 is 4.74 Å². The Morgan fingerprint density at radius 3 is 2.46 bits per heavy atom. The van der Waals surface area contributed by atoms with Gasteiger partial charge in [-0.15, -0.1) is 0 Å². The number of esters is 1. The van der Waals surface area contributed by atoms with Crippen molar-refractivity contribution in [3.8, 4) is 5.75 Å². The average molecular weight is 351 g/mol. The van der Waals surface area contributed by atoms with Crippen molar-refractivity contribution in [1.29, 1.82) is 0 Å². The van der Waals surface area contributed by atoms with E-state index in [1.54, 1.807) is 41.0 Å². The van der Waals surface area contributed by atoms with E-state index in [1.807, 2.05) is 26.0 Å². The number of ether oxygens (including phenoxy) is 2. The van der Waals surface area contributed by atoms with Gasteiger partial charge in [0.2, 0.25) is 0 Å².